The van der Waals surface area contributed by atoms with E-state index in [2.05, 4.69) is 9.97 Å². The number of aromatic nitrogens is 2. The lowest BCUT2D eigenvalue weighted by atomic mass is 10.3. The summed E-state index contributed by atoms with van der Waals surface area (Å²) in [5, 5.41) is 8.53. The standard InChI is InChI=1S/C9H8N2O2.BrH/c12-9(13)5-8-10-6-3-1-2-4-7(6)11-8;/h1-4H,5H2,(H,10,11)(H,12,13);1H. The van der Waals surface area contributed by atoms with Gasteiger partial charge in [-0.2, -0.15) is 0 Å². The Hall–Kier alpha value is -1.36. The molecular weight excluding hydrogens is 248 g/mol. The third kappa shape index (κ3) is 2.11. The number of imidazole rings is 1. The van der Waals surface area contributed by atoms with Crippen LogP contribution in [0.3, 0.4) is 0 Å². The number of aliphatic carboxylic acids is 1. The van der Waals surface area contributed by atoms with Crippen LogP contribution in [0.15, 0.2) is 24.3 Å². The number of para-hydroxylation sites is 2. The van der Waals surface area contributed by atoms with Crippen molar-refractivity contribution in [3.05, 3.63) is 30.1 Å². The first-order chi connectivity index (χ1) is 6.25. The third-order valence-corrected chi connectivity index (χ3v) is 1.76. The summed E-state index contributed by atoms with van der Waals surface area (Å²) in [4.78, 5) is 17.4. The second kappa shape index (κ2) is 4.23. The van der Waals surface area contributed by atoms with Crippen molar-refractivity contribution in [2.75, 3.05) is 0 Å². The van der Waals surface area contributed by atoms with Crippen LogP contribution in [0, 0.1) is 0 Å². The average molecular weight is 257 g/mol. The molecule has 0 amide bonds. The highest BCUT2D eigenvalue weighted by Crippen LogP contribution is 2.10. The van der Waals surface area contributed by atoms with Crippen LogP contribution in [0.5, 0.6) is 0 Å². The number of nitrogens with one attached hydrogen (secondary N) is 1. The smallest absolute Gasteiger partial charge is 0.311 e. The van der Waals surface area contributed by atoms with Gasteiger partial charge in [-0.3, -0.25) is 4.79 Å². The van der Waals surface area contributed by atoms with E-state index in [-0.39, 0.29) is 23.4 Å². The first-order valence-corrected chi connectivity index (χ1v) is 3.91. The predicted molar refractivity (Wildman–Crippen MR) is 57.8 cm³/mol. The van der Waals surface area contributed by atoms with Crippen molar-refractivity contribution in [2.45, 2.75) is 6.42 Å². The van der Waals surface area contributed by atoms with Crippen molar-refractivity contribution in [3.8, 4) is 0 Å². The lowest BCUT2D eigenvalue weighted by molar-refractivity contribution is -0.136. The first kappa shape index (κ1) is 10.7. The molecule has 2 aromatic rings. The molecule has 0 spiro atoms. The van der Waals surface area contributed by atoms with Crippen LogP contribution < -0.4 is 0 Å². The number of rotatable bonds is 2. The van der Waals surface area contributed by atoms with Gasteiger partial charge in [0.25, 0.3) is 0 Å². The Morgan fingerprint density at radius 1 is 1.43 bits per heavy atom. The molecule has 4 nitrogen and oxygen atoms in total. The van der Waals surface area contributed by atoms with Gasteiger partial charge in [-0.05, 0) is 12.1 Å². The molecule has 0 unspecified atom stereocenters. The van der Waals surface area contributed by atoms with E-state index >= 15 is 0 Å². The van der Waals surface area contributed by atoms with Crippen LogP contribution in [0.2, 0.25) is 0 Å². The minimum Gasteiger partial charge on any atom is -0.481 e. The number of benzene rings is 1. The molecule has 0 saturated carbocycles. The number of hydrogen-bond donors (Lipinski definition) is 2. The van der Waals surface area contributed by atoms with E-state index in [1.165, 1.54) is 0 Å². The van der Waals surface area contributed by atoms with Gasteiger partial charge in [-0.1, -0.05) is 12.1 Å². The Morgan fingerprint density at radius 2 is 2.14 bits per heavy atom. The number of H-pyrrole nitrogens is 1. The van der Waals surface area contributed by atoms with E-state index in [1.807, 2.05) is 24.3 Å². The number of carbonyl (C=O) groups is 1. The van der Waals surface area contributed by atoms with Crippen LogP contribution in [0.25, 0.3) is 11.0 Å². The molecule has 74 valence electrons. The van der Waals surface area contributed by atoms with E-state index in [1.54, 1.807) is 0 Å². The Labute approximate surface area is 90.7 Å². The fourth-order valence-corrected chi connectivity index (χ4v) is 1.23. The van der Waals surface area contributed by atoms with Crippen molar-refractivity contribution >= 4 is 34.0 Å². The molecule has 1 aromatic carbocycles. The van der Waals surface area contributed by atoms with Gasteiger partial charge in [0.2, 0.25) is 0 Å². The minimum atomic E-state index is -0.876. The average Bonchev–Trinajstić information content (AvgIpc) is 2.44. The number of carboxylic acids is 1. The van der Waals surface area contributed by atoms with Crippen LogP contribution in [0.1, 0.15) is 5.82 Å². The highest BCUT2D eigenvalue weighted by Gasteiger charge is 2.05. The van der Waals surface area contributed by atoms with Crippen LogP contribution in [-0.2, 0) is 11.2 Å². The Balaban J connectivity index is 0.000000980. The molecule has 1 aromatic heterocycles. The van der Waals surface area contributed by atoms with Crippen LogP contribution >= 0.6 is 17.0 Å². The minimum absolute atomic E-state index is 0. The van der Waals surface area contributed by atoms with Gasteiger partial charge in [-0.15, -0.1) is 17.0 Å². The van der Waals surface area contributed by atoms with E-state index in [9.17, 15) is 4.79 Å². The zero-order chi connectivity index (χ0) is 9.26. The van der Waals surface area contributed by atoms with Crippen molar-refractivity contribution < 1.29 is 9.90 Å². The molecule has 14 heavy (non-hydrogen) atoms. The van der Waals surface area contributed by atoms with Gasteiger partial charge >= 0.3 is 5.97 Å². The topological polar surface area (TPSA) is 66.0 Å². The quantitative estimate of drug-likeness (QED) is 0.861. The summed E-state index contributed by atoms with van der Waals surface area (Å²) in [7, 11) is 0. The van der Waals surface area contributed by atoms with Crippen molar-refractivity contribution in [1.29, 1.82) is 0 Å². The monoisotopic (exact) mass is 256 g/mol. The van der Waals surface area contributed by atoms with Crippen molar-refractivity contribution in [3.63, 3.8) is 0 Å². The molecule has 5 heteroatoms. The molecule has 0 saturated heterocycles. The maximum absolute atomic E-state index is 10.4. The van der Waals surface area contributed by atoms with Gasteiger partial charge < -0.3 is 10.1 Å². The number of hydrogen-bond acceptors (Lipinski definition) is 2. The zero-order valence-corrected chi connectivity index (χ0v) is 8.94. The van der Waals surface area contributed by atoms with Crippen LogP contribution in [0.4, 0.5) is 0 Å². The van der Waals surface area contributed by atoms with Gasteiger partial charge in [0, 0.05) is 0 Å². The van der Waals surface area contributed by atoms with Gasteiger partial charge in [0.1, 0.15) is 12.2 Å². The predicted octanol–water partition coefficient (Wildman–Crippen LogP) is 1.77. The van der Waals surface area contributed by atoms with Crippen LogP contribution in [-0.4, -0.2) is 21.0 Å². The highest BCUT2D eigenvalue weighted by molar-refractivity contribution is 8.93. The molecule has 0 aliphatic carbocycles. The highest BCUT2D eigenvalue weighted by atomic mass is 79.9. The first-order valence-electron chi connectivity index (χ1n) is 3.91. The summed E-state index contributed by atoms with van der Waals surface area (Å²) >= 11 is 0. The summed E-state index contributed by atoms with van der Waals surface area (Å²) in [6.45, 7) is 0. The normalized spacial score (nSPS) is 9.71. The maximum atomic E-state index is 10.4. The number of carboxylic acid groups (broad SMARTS) is 1. The third-order valence-electron chi connectivity index (χ3n) is 1.76. The lowest BCUT2D eigenvalue weighted by Gasteiger charge is -1.86. The number of halogens is 1. The molecule has 2 N–H and O–H groups in total. The van der Waals surface area contributed by atoms with E-state index in [0.717, 1.165) is 11.0 Å². The number of fused-ring (bicyclic) bond motifs is 1. The number of aromatic amines is 1. The maximum Gasteiger partial charge on any atom is 0.311 e. The molecule has 0 fully saturated rings. The summed E-state index contributed by atoms with van der Waals surface area (Å²) in [5.41, 5.74) is 1.68. The summed E-state index contributed by atoms with van der Waals surface area (Å²) in [5.74, 6) is -0.382. The molecule has 0 aliphatic heterocycles. The van der Waals surface area contributed by atoms with Crippen molar-refractivity contribution in [2.24, 2.45) is 0 Å². The Morgan fingerprint density at radius 3 is 2.79 bits per heavy atom. The van der Waals surface area contributed by atoms with Gasteiger partial charge in [-0.25, -0.2) is 4.98 Å². The number of nitrogens with zero attached hydrogens (tertiary/aromatic N) is 1. The Kier molecular flexibility index (Phi) is 3.24. The molecular formula is C9H9BrN2O2. The van der Waals surface area contributed by atoms with E-state index in [4.69, 9.17) is 5.11 Å². The van der Waals surface area contributed by atoms with Crippen molar-refractivity contribution in [1.82, 2.24) is 9.97 Å². The summed E-state index contributed by atoms with van der Waals surface area (Å²) in [6.07, 6.45) is -0.0608. The lowest BCUT2D eigenvalue weighted by Crippen LogP contribution is -2.01. The fourth-order valence-electron chi connectivity index (χ4n) is 1.23. The SMILES string of the molecule is Br.O=C(O)Cc1nc2ccccc2[nH]1. The summed E-state index contributed by atoms with van der Waals surface area (Å²) in [6, 6.07) is 7.46. The molecule has 0 atom stereocenters. The van der Waals surface area contributed by atoms with E-state index in [0.29, 0.717) is 5.82 Å². The largest absolute Gasteiger partial charge is 0.481 e. The zero-order valence-electron chi connectivity index (χ0n) is 7.23. The van der Waals surface area contributed by atoms with E-state index < -0.39 is 5.97 Å². The molecule has 0 bridgehead atoms. The second-order valence-electron chi connectivity index (χ2n) is 2.77. The Bertz CT molecular complexity index is 420. The second-order valence-corrected chi connectivity index (χ2v) is 2.77. The summed E-state index contributed by atoms with van der Waals surface area (Å²) < 4.78 is 0. The molecule has 1 heterocycles. The molecule has 0 aliphatic rings. The fraction of sp³-hybridized carbons (Fsp3) is 0.111. The molecule has 0 radical (unpaired) electrons. The van der Waals surface area contributed by atoms with Gasteiger partial charge in [0.05, 0.1) is 11.0 Å². The van der Waals surface area contributed by atoms with Gasteiger partial charge in [0.15, 0.2) is 0 Å². The molecule has 2 rings (SSSR count).